The van der Waals surface area contributed by atoms with Crippen LogP contribution in [0, 0.1) is 0 Å². The highest BCUT2D eigenvalue weighted by atomic mass is 35.5. The monoisotopic (exact) mass is 250 g/mol. The van der Waals surface area contributed by atoms with Gasteiger partial charge in [-0.3, -0.25) is 4.79 Å². The Kier molecular flexibility index (Phi) is 3.54. The molecule has 0 N–H and O–H groups in total. The van der Waals surface area contributed by atoms with E-state index in [1.165, 1.54) is 0 Å². The molecule has 0 aliphatic carbocycles. The molecular weight excluding hydrogens is 240 g/mol. The lowest BCUT2D eigenvalue weighted by Crippen LogP contribution is -2.09. The molecule has 0 amide bonds. The van der Waals surface area contributed by atoms with E-state index in [1.807, 2.05) is 24.3 Å². The summed E-state index contributed by atoms with van der Waals surface area (Å²) >= 11 is 5.81. The van der Waals surface area contributed by atoms with E-state index < -0.39 is 0 Å². The van der Waals surface area contributed by atoms with E-state index in [-0.39, 0.29) is 17.7 Å². The summed E-state index contributed by atoms with van der Waals surface area (Å²) in [5.41, 5.74) is 1.32. The van der Waals surface area contributed by atoms with Crippen molar-refractivity contribution in [1.29, 1.82) is 0 Å². The van der Waals surface area contributed by atoms with Crippen molar-refractivity contribution in [2.45, 2.75) is 13.3 Å². The van der Waals surface area contributed by atoms with Gasteiger partial charge in [0, 0.05) is 5.39 Å². The van der Waals surface area contributed by atoms with Crippen molar-refractivity contribution >= 4 is 28.5 Å². The van der Waals surface area contributed by atoms with E-state index in [4.69, 9.17) is 16.3 Å². The van der Waals surface area contributed by atoms with Crippen LogP contribution in [0.15, 0.2) is 24.3 Å². The third-order valence-corrected chi connectivity index (χ3v) is 2.44. The van der Waals surface area contributed by atoms with Gasteiger partial charge in [-0.1, -0.05) is 18.2 Å². The molecule has 4 nitrogen and oxygen atoms in total. The lowest BCUT2D eigenvalue weighted by atomic mass is 10.1. The minimum Gasteiger partial charge on any atom is -0.466 e. The topological polar surface area (TPSA) is 52.1 Å². The van der Waals surface area contributed by atoms with Crippen molar-refractivity contribution in [3.8, 4) is 0 Å². The summed E-state index contributed by atoms with van der Waals surface area (Å²) in [6, 6.07) is 7.42. The molecule has 0 aliphatic heterocycles. The van der Waals surface area contributed by atoms with Crippen LogP contribution >= 0.6 is 11.6 Å². The summed E-state index contributed by atoms with van der Waals surface area (Å²) in [4.78, 5) is 19.6. The summed E-state index contributed by atoms with van der Waals surface area (Å²) in [6.07, 6.45) is 0.108. The molecule has 0 saturated heterocycles. The number of hydrogen-bond donors (Lipinski definition) is 0. The standard InChI is InChI=1S/C12H11ClN2O2/c1-2-17-11(16)7-10-8-5-3-4-6-9(8)14-12(13)15-10/h3-6H,2,7H2,1H3. The van der Waals surface area contributed by atoms with Gasteiger partial charge < -0.3 is 4.74 Å². The quantitative estimate of drug-likeness (QED) is 0.620. The second kappa shape index (κ2) is 5.10. The number of rotatable bonds is 3. The molecule has 1 heterocycles. The van der Waals surface area contributed by atoms with Crippen LogP contribution in [0.2, 0.25) is 5.28 Å². The highest BCUT2D eigenvalue weighted by Gasteiger charge is 2.11. The summed E-state index contributed by atoms with van der Waals surface area (Å²) in [7, 11) is 0. The van der Waals surface area contributed by atoms with Gasteiger partial charge in [0.2, 0.25) is 5.28 Å². The summed E-state index contributed by atoms with van der Waals surface area (Å²) in [5, 5.41) is 0.966. The average molecular weight is 251 g/mol. The summed E-state index contributed by atoms with van der Waals surface area (Å²) in [5.74, 6) is -0.313. The molecule has 0 unspecified atom stereocenters. The second-order valence-corrected chi connectivity index (χ2v) is 3.78. The number of hydrogen-bond acceptors (Lipinski definition) is 4. The number of aromatic nitrogens is 2. The predicted octanol–water partition coefficient (Wildman–Crippen LogP) is 2.39. The Labute approximate surface area is 104 Å². The van der Waals surface area contributed by atoms with Crippen molar-refractivity contribution in [2.75, 3.05) is 6.61 Å². The lowest BCUT2D eigenvalue weighted by Gasteiger charge is -2.05. The van der Waals surface area contributed by atoms with Gasteiger partial charge >= 0.3 is 5.97 Å². The van der Waals surface area contributed by atoms with Gasteiger partial charge in [0.25, 0.3) is 0 Å². The molecule has 0 fully saturated rings. The van der Waals surface area contributed by atoms with Crippen LogP contribution in [0.4, 0.5) is 0 Å². The zero-order valence-electron chi connectivity index (χ0n) is 9.31. The van der Waals surface area contributed by atoms with Crippen LogP contribution in [0.5, 0.6) is 0 Å². The van der Waals surface area contributed by atoms with Crippen molar-refractivity contribution in [1.82, 2.24) is 9.97 Å². The summed E-state index contributed by atoms with van der Waals surface area (Å²) in [6.45, 7) is 2.12. The molecule has 17 heavy (non-hydrogen) atoms. The molecular formula is C12H11ClN2O2. The molecule has 88 valence electrons. The van der Waals surface area contributed by atoms with E-state index >= 15 is 0 Å². The number of halogens is 1. The molecule has 2 rings (SSSR count). The normalized spacial score (nSPS) is 10.5. The van der Waals surface area contributed by atoms with E-state index in [0.29, 0.717) is 12.3 Å². The van der Waals surface area contributed by atoms with Crippen LogP contribution in [0.3, 0.4) is 0 Å². The highest BCUT2D eigenvalue weighted by Crippen LogP contribution is 2.18. The Hall–Kier alpha value is -1.68. The van der Waals surface area contributed by atoms with Gasteiger partial charge in [0.1, 0.15) is 0 Å². The number of carbonyl (C=O) groups is 1. The number of carbonyl (C=O) groups excluding carboxylic acids is 1. The maximum Gasteiger partial charge on any atom is 0.311 e. The van der Waals surface area contributed by atoms with E-state index in [9.17, 15) is 4.79 Å². The van der Waals surface area contributed by atoms with Gasteiger partial charge in [-0.05, 0) is 24.6 Å². The molecule has 0 aliphatic rings. The number of para-hydroxylation sites is 1. The fraction of sp³-hybridized carbons (Fsp3) is 0.250. The fourth-order valence-electron chi connectivity index (χ4n) is 1.59. The summed E-state index contributed by atoms with van der Waals surface area (Å²) < 4.78 is 4.89. The first-order chi connectivity index (χ1) is 8.20. The van der Waals surface area contributed by atoms with Gasteiger partial charge in [-0.25, -0.2) is 9.97 Å². The maximum absolute atomic E-state index is 11.4. The maximum atomic E-state index is 11.4. The van der Waals surface area contributed by atoms with Crippen molar-refractivity contribution in [3.05, 3.63) is 35.2 Å². The molecule has 0 radical (unpaired) electrons. The van der Waals surface area contributed by atoms with Gasteiger partial charge in [0.05, 0.1) is 24.2 Å². The molecule has 0 saturated carbocycles. The van der Waals surface area contributed by atoms with Gasteiger partial charge in [0.15, 0.2) is 0 Å². The molecule has 0 spiro atoms. The first-order valence-corrected chi connectivity index (χ1v) is 5.65. The fourth-order valence-corrected chi connectivity index (χ4v) is 1.79. The highest BCUT2D eigenvalue weighted by molar-refractivity contribution is 6.28. The SMILES string of the molecule is CCOC(=O)Cc1nc(Cl)nc2ccccc12. The second-order valence-electron chi connectivity index (χ2n) is 3.44. The average Bonchev–Trinajstić information content (AvgIpc) is 2.29. The third kappa shape index (κ3) is 2.71. The number of ether oxygens (including phenoxy) is 1. The zero-order valence-corrected chi connectivity index (χ0v) is 10.1. The lowest BCUT2D eigenvalue weighted by molar-refractivity contribution is -0.142. The Bertz CT molecular complexity index is 557. The van der Waals surface area contributed by atoms with Crippen molar-refractivity contribution < 1.29 is 9.53 Å². The van der Waals surface area contributed by atoms with Crippen LogP contribution in [-0.2, 0) is 16.0 Å². The Morgan fingerprint density at radius 1 is 1.35 bits per heavy atom. The Morgan fingerprint density at radius 3 is 2.88 bits per heavy atom. The third-order valence-electron chi connectivity index (χ3n) is 2.27. The number of esters is 1. The first-order valence-electron chi connectivity index (χ1n) is 5.27. The van der Waals surface area contributed by atoms with Gasteiger partial charge in [-0.15, -0.1) is 0 Å². The van der Waals surface area contributed by atoms with E-state index in [1.54, 1.807) is 6.92 Å². The molecule has 1 aromatic heterocycles. The molecule has 2 aromatic rings. The minimum absolute atomic E-state index is 0.108. The van der Waals surface area contributed by atoms with Crippen LogP contribution < -0.4 is 0 Å². The van der Waals surface area contributed by atoms with E-state index in [0.717, 1.165) is 10.9 Å². The smallest absolute Gasteiger partial charge is 0.311 e. The van der Waals surface area contributed by atoms with Crippen molar-refractivity contribution in [3.63, 3.8) is 0 Å². The van der Waals surface area contributed by atoms with Crippen molar-refractivity contribution in [2.24, 2.45) is 0 Å². The number of nitrogens with zero attached hydrogens (tertiary/aromatic N) is 2. The number of benzene rings is 1. The van der Waals surface area contributed by atoms with E-state index in [2.05, 4.69) is 9.97 Å². The Balaban J connectivity index is 2.42. The molecule has 1 aromatic carbocycles. The molecule has 0 bridgehead atoms. The van der Waals surface area contributed by atoms with Crippen LogP contribution in [0.25, 0.3) is 10.9 Å². The van der Waals surface area contributed by atoms with Crippen LogP contribution in [0.1, 0.15) is 12.6 Å². The Morgan fingerprint density at radius 2 is 2.12 bits per heavy atom. The predicted molar refractivity (Wildman–Crippen MR) is 64.9 cm³/mol. The first kappa shape index (κ1) is 11.8. The molecule has 0 atom stereocenters. The zero-order chi connectivity index (χ0) is 12.3. The molecule has 5 heteroatoms. The van der Waals surface area contributed by atoms with Gasteiger partial charge in [-0.2, -0.15) is 0 Å². The minimum atomic E-state index is -0.313. The largest absolute Gasteiger partial charge is 0.466 e. The number of fused-ring (bicyclic) bond motifs is 1. The van der Waals surface area contributed by atoms with Crippen LogP contribution in [-0.4, -0.2) is 22.5 Å².